The maximum Gasteiger partial charge on any atom is 0.405 e. The fourth-order valence-electron chi connectivity index (χ4n) is 2.81. The lowest BCUT2D eigenvalue weighted by Crippen LogP contribution is -2.57. The van der Waals surface area contributed by atoms with Gasteiger partial charge >= 0.3 is 6.18 Å². The zero-order valence-electron chi connectivity index (χ0n) is 15.1. The van der Waals surface area contributed by atoms with Gasteiger partial charge in [0.25, 0.3) is 5.91 Å². The minimum atomic E-state index is -4.43. The van der Waals surface area contributed by atoms with Crippen LogP contribution >= 0.6 is 0 Å². The fraction of sp³-hybridized carbons (Fsp3) is 0.500. The summed E-state index contributed by atoms with van der Waals surface area (Å²) in [6, 6.07) is 2.72. The Morgan fingerprint density at radius 2 is 2.07 bits per heavy atom. The van der Waals surface area contributed by atoms with Gasteiger partial charge < -0.3 is 20.1 Å². The van der Waals surface area contributed by atoms with Crippen LogP contribution in [0, 0.1) is 0 Å². The largest absolute Gasteiger partial charge is 0.493 e. The third-order valence-corrected chi connectivity index (χ3v) is 4.21. The van der Waals surface area contributed by atoms with Gasteiger partial charge in [0, 0.05) is 38.3 Å². The Morgan fingerprint density at radius 1 is 1.37 bits per heavy atom. The Balaban J connectivity index is 2.05. The molecular formula is C18H24F3N3O3. The molecule has 6 nitrogen and oxygen atoms in total. The van der Waals surface area contributed by atoms with Crippen molar-refractivity contribution in [3.8, 4) is 11.5 Å². The quantitative estimate of drug-likeness (QED) is 0.667. The van der Waals surface area contributed by atoms with Crippen LogP contribution in [0.3, 0.4) is 0 Å². The molecule has 27 heavy (non-hydrogen) atoms. The highest BCUT2D eigenvalue weighted by molar-refractivity contribution is 5.94. The molecule has 0 bridgehead atoms. The second-order valence-corrected chi connectivity index (χ2v) is 6.02. The van der Waals surface area contributed by atoms with E-state index in [1.54, 1.807) is 6.08 Å². The van der Waals surface area contributed by atoms with Gasteiger partial charge in [-0.2, -0.15) is 13.2 Å². The van der Waals surface area contributed by atoms with E-state index in [0.29, 0.717) is 24.6 Å². The molecule has 1 aliphatic rings. The van der Waals surface area contributed by atoms with E-state index in [0.717, 1.165) is 0 Å². The number of nitrogens with zero attached hydrogens (tertiary/aromatic N) is 1. The van der Waals surface area contributed by atoms with Crippen molar-refractivity contribution < 1.29 is 27.4 Å². The molecule has 1 atom stereocenters. The molecule has 1 amide bonds. The number of rotatable bonds is 8. The highest BCUT2D eigenvalue weighted by Gasteiger charge is 2.43. The summed E-state index contributed by atoms with van der Waals surface area (Å²) < 4.78 is 50.7. The molecule has 150 valence electrons. The number of ether oxygens (including phenoxy) is 2. The lowest BCUT2D eigenvalue weighted by molar-refractivity contribution is -0.183. The molecule has 0 saturated carbocycles. The van der Waals surface area contributed by atoms with Crippen LogP contribution in [-0.4, -0.2) is 69.5 Å². The predicted molar refractivity (Wildman–Crippen MR) is 95.3 cm³/mol. The Bertz CT molecular complexity index is 646. The second-order valence-electron chi connectivity index (χ2n) is 6.02. The van der Waals surface area contributed by atoms with Crippen molar-refractivity contribution in [2.24, 2.45) is 0 Å². The standard InChI is InChI=1S/C18H24F3N3O3/c1-3-10-27-14-5-4-13(11-15(14)26-2)17(25)23-12-16(18(19,20)21)24-8-6-22-7-9-24/h3-5,11,16,22H,1,6-10,12H2,2H3,(H,23,25). The Labute approximate surface area is 156 Å². The van der Waals surface area contributed by atoms with Crippen LogP contribution in [0.4, 0.5) is 13.2 Å². The van der Waals surface area contributed by atoms with Crippen molar-refractivity contribution in [3.05, 3.63) is 36.4 Å². The van der Waals surface area contributed by atoms with E-state index in [1.165, 1.54) is 30.2 Å². The third kappa shape index (κ3) is 5.86. The first kappa shape index (κ1) is 21.0. The molecule has 1 aliphatic heterocycles. The number of amides is 1. The Morgan fingerprint density at radius 3 is 2.67 bits per heavy atom. The molecule has 0 aliphatic carbocycles. The fourth-order valence-corrected chi connectivity index (χ4v) is 2.81. The van der Waals surface area contributed by atoms with Gasteiger partial charge in [-0.15, -0.1) is 0 Å². The van der Waals surface area contributed by atoms with E-state index < -0.39 is 24.7 Å². The van der Waals surface area contributed by atoms with Gasteiger partial charge in [-0.25, -0.2) is 0 Å². The van der Waals surface area contributed by atoms with Crippen molar-refractivity contribution in [2.75, 3.05) is 46.4 Å². The van der Waals surface area contributed by atoms with Gasteiger partial charge in [-0.05, 0) is 18.2 Å². The number of benzene rings is 1. The maximum atomic E-state index is 13.4. The first-order valence-corrected chi connectivity index (χ1v) is 8.58. The molecule has 1 saturated heterocycles. The molecule has 9 heteroatoms. The van der Waals surface area contributed by atoms with E-state index in [1.807, 2.05) is 0 Å². The molecule has 2 N–H and O–H groups in total. The van der Waals surface area contributed by atoms with Gasteiger partial charge in [0.15, 0.2) is 11.5 Å². The third-order valence-electron chi connectivity index (χ3n) is 4.21. The average Bonchev–Trinajstić information content (AvgIpc) is 2.66. The van der Waals surface area contributed by atoms with E-state index in [-0.39, 0.29) is 25.3 Å². The normalized spacial score (nSPS) is 16.4. The van der Waals surface area contributed by atoms with Crippen LogP contribution < -0.4 is 20.1 Å². The van der Waals surface area contributed by atoms with Gasteiger partial charge in [-0.1, -0.05) is 12.7 Å². The average molecular weight is 387 g/mol. The Hall–Kier alpha value is -2.26. The van der Waals surface area contributed by atoms with Crippen molar-refractivity contribution in [1.29, 1.82) is 0 Å². The predicted octanol–water partition coefficient (Wildman–Crippen LogP) is 1.83. The van der Waals surface area contributed by atoms with Crippen molar-refractivity contribution in [3.63, 3.8) is 0 Å². The summed E-state index contributed by atoms with van der Waals surface area (Å²) in [6.45, 7) is 4.84. The Kier molecular flexibility index (Phi) is 7.49. The summed E-state index contributed by atoms with van der Waals surface area (Å²) in [6.07, 6.45) is -2.86. The highest BCUT2D eigenvalue weighted by Crippen LogP contribution is 2.28. The number of hydrogen-bond acceptors (Lipinski definition) is 5. The first-order chi connectivity index (χ1) is 12.9. The van der Waals surface area contributed by atoms with E-state index >= 15 is 0 Å². The van der Waals surface area contributed by atoms with Crippen LogP contribution in [0.1, 0.15) is 10.4 Å². The second kappa shape index (κ2) is 9.61. The zero-order chi connectivity index (χ0) is 19.9. The van der Waals surface area contributed by atoms with Gasteiger partial charge in [0.05, 0.1) is 7.11 Å². The SMILES string of the molecule is C=CCOc1ccc(C(=O)NCC(N2CCNCC2)C(F)(F)F)cc1OC. The summed E-state index contributed by atoms with van der Waals surface area (Å²) in [4.78, 5) is 13.7. The lowest BCUT2D eigenvalue weighted by Gasteiger charge is -2.35. The summed E-state index contributed by atoms with van der Waals surface area (Å²) in [5, 5.41) is 5.40. The summed E-state index contributed by atoms with van der Waals surface area (Å²) >= 11 is 0. The van der Waals surface area contributed by atoms with E-state index in [9.17, 15) is 18.0 Å². The first-order valence-electron chi connectivity index (χ1n) is 8.58. The number of piperazine rings is 1. The van der Waals surface area contributed by atoms with Crippen LogP contribution in [0.5, 0.6) is 11.5 Å². The maximum absolute atomic E-state index is 13.4. The molecule has 1 aromatic rings. The number of halogens is 3. The van der Waals surface area contributed by atoms with Crippen molar-refractivity contribution >= 4 is 5.91 Å². The van der Waals surface area contributed by atoms with Crippen molar-refractivity contribution in [1.82, 2.24) is 15.5 Å². The van der Waals surface area contributed by atoms with Gasteiger partial charge in [0.2, 0.25) is 0 Å². The molecular weight excluding hydrogens is 363 g/mol. The van der Waals surface area contributed by atoms with E-state index in [4.69, 9.17) is 9.47 Å². The summed E-state index contributed by atoms with van der Waals surface area (Å²) in [5.74, 6) is 0.134. The molecule has 1 aromatic carbocycles. The summed E-state index contributed by atoms with van der Waals surface area (Å²) in [5.41, 5.74) is 0.194. The minimum absolute atomic E-state index is 0.194. The number of methoxy groups -OCH3 is 1. The van der Waals surface area contributed by atoms with Crippen LogP contribution in [-0.2, 0) is 0 Å². The number of nitrogens with one attached hydrogen (secondary N) is 2. The van der Waals surface area contributed by atoms with Gasteiger partial charge in [0.1, 0.15) is 12.6 Å². The molecule has 1 heterocycles. The molecule has 0 aromatic heterocycles. The topological polar surface area (TPSA) is 62.8 Å². The van der Waals surface area contributed by atoms with Crippen molar-refractivity contribution in [2.45, 2.75) is 12.2 Å². The molecule has 0 spiro atoms. The van der Waals surface area contributed by atoms with E-state index in [2.05, 4.69) is 17.2 Å². The summed E-state index contributed by atoms with van der Waals surface area (Å²) in [7, 11) is 1.42. The zero-order valence-corrected chi connectivity index (χ0v) is 15.1. The molecule has 1 unspecified atom stereocenters. The van der Waals surface area contributed by atoms with Gasteiger partial charge in [-0.3, -0.25) is 9.69 Å². The minimum Gasteiger partial charge on any atom is -0.493 e. The highest BCUT2D eigenvalue weighted by atomic mass is 19.4. The lowest BCUT2D eigenvalue weighted by atomic mass is 10.1. The number of alkyl halides is 3. The molecule has 2 rings (SSSR count). The monoisotopic (exact) mass is 387 g/mol. The number of carbonyl (C=O) groups excluding carboxylic acids is 1. The smallest absolute Gasteiger partial charge is 0.405 e. The number of hydrogen-bond donors (Lipinski definition) is 2. The van der Waals surface area contributed by atoms with Crippen LogP contribution in [0.25, 0.3) is 0 Å². The number of carbonyl (C=O) groups is 1. The molecule has 0 radical (unpaired) electrons. The van der Waals surface area contributed by atoms with Crippen LogP contribution in [0.2, 0.25) is 0 Å². The molecule has 1 fully saturated rings. The van der Waals surface area contributed by atoms with Crippen LogP contribution in [0.15, 0.2) is 30.9 Å².